The van der Waals surface area contributed by atoms with Gasteiger partial charge in [0.1, 0.15) is 5.82 Å². The Balaban J connectivity index is 2.06. The summed E-state index contributed by atoms with van der Waals surface area (Å²) in [6, 6.07) is 3.63. The van der Waals surface area contributed by atoms with Gasteiger partial charge in [-0.05, 0) is 18.9 Å². The molecule has 0 aliphatic carbocycles. The van der Waals surface area contributed by atoms with Crippen LogP contribution in [0.1, 0.15) is 18.4 Å². The molecule has 1 aliphatic rings. The molecule has 2 nitrogen and oxygen atoms in total. The van der Waals surface area contributed by atoms with Crippen molar-refractivity contribution in [3.05, 3.63) is 23.9 Å². The van der Waals surface area contributed by atoms with E-state index in [1.165, 1.54) is 0 Å². The summed E-state index contributed by atoms with van der Waals surface area (Å²) < 4.78 is 37.7. The highest BCUT2D eigenvalue weighted by Gasteiger charge is 2.41. The zero-order valence-electron chi connectivity index (χ0n) is 9.75. The van der Waals surface area contributed by atoms with Gasteiger partial charge in [-0.3, -0.25) is 0 Å². The Bertz CT molecular complexity index is 401. The van der Waals surface area contributed by atoms with Crippen molar-refractivity contribution in [1.29, 1.82) is 0 Å². The van der Waals surface area contributed by atoms with E-state index in [4.69, 9.17) is 11.6 Å². The summed E-state index contributed by atoms with van der Waals surface area (Å²) in [5.74, 6) is -0.146. The van der Waals surface area contributed by atoms with Crippen molar-refractivity contribution in [2.45, 2.75) is 24.9 Å². The highest BCUT2D eigenvalue weighted by Crippen LogP contribution is 2.35. The zero-order chi connectivity index (χ0) is 13.2. The Hall–Kier alpha value is -0.970. The number of nitrogens with zero attached hydrogens (tertiary/aromatic N) is 2. The predicted molar refractivity (Wildman–Crippen MR) is 64.8 cm³/mol. The number of pyridine rings is 1. The molecule has 0 saturated carbocycles. The Kier molecular flexibility index (Phi) is 4.00. The van der Waals surface area contributed by atoms with Crippen molar-refractivity contribution < 1.29 is 13.2 Å². The third-order valence-corrected chi connectivity index (χ3v) is 3.56. The van der Waals surface area contributed by atoms with Crippen LogP contribution in [0.15, 0.2) is 18.3 Å². The zero-order valence-corrected chi connectivity index (χ0v) is 10.5. The fraction of sp³-hybridized carbons (Fsp3) is 0.583. The third-order valence-electron chi connectivity index (χ3n) is 3.27. The molecule has 0 atom stereocenters. The number of hydrogen-bond acceptors (Lipinski definition) is 2. The van der Waals surface area contributed by atoms with Gasteiger partial charge in [-0.15, -0.1) is 11.6 Å². The molecule has 0 radical (unpaired) electrons. The van der Waals surface area contributed by atoms with Crippen LogP contribution in [0.5, 0.6) is 0 Å². The summed E-state index contributed by atoms with van der Waals surface area (Å²) in [5.41, 5.74) is 0.865. The molecule has 2 rings (SSSR count). The molecular formula is C12H14ClF3N2. The van der Waals surface area contributed by atoms with E-state index in [0.29, 0.717) is 24.8 Å². The number of alkyl halides is 4. The molecule has 1 aromatic rings. The second-order valence-electron chi connectivity index (χ2n) is 4.42. The summed E-state index contributed by atoms with van der Waals surface area (Å²) in [4.78, 5) is 6.11. The van der Waals surface area contributed by atoms with E-state index in [9.17, 15) is 13.2 Å². The molecule has 100 valence electrons. The van der Waals surface area contributed by atoms with E-state index >= 15 is 0 Å². The van der Waals surface area contributed by atoms with Gasteiger partial charge in [0.05, 0.1) is 11.8 Å². The van der Waals surface area contributed by atoms with Crippen LogP contribution in [0, 0.1) is 5.92 Å². The highest BCUT2D eigenvalue weighted by molar-refractivity contribution is 6.17. The summed E-state index contributed by atoms with van der Waals surface area (Å²) in [6.07, 6.45) is -2.18. The molecule has 1 aromatic heterocycles. The molecule has 18 heavy (non-hydrogen) atoms. The number of rotatable bonds is 2. The monoisotopic (exact) mass is 278 g/mol. The van der Waals surface area contributed by atoms with Crippen molar-refractivity contribution in [1.82, 2.24) is 4.98 Å². The van der Waals surface area contributed by atoms with Crippen molar-refractivity contribution in [3.63, 3.8) is 0 Å². The van der Waals surface area contributed by atoms with Crippen molar-refractivity contribution >= 4 is 17.4 Å². The van der Waals surface area contributed by atoms with E-state index in [-0.39, 0.29) is 12.8 Å². The summed E-state index contributed by atoms with van der Waals surface area (Å²) in [5, 5.41) is 0. The number of hydrogen-bond donors (Lipinski definition) is 0. The average Bonchev–Trinajstić information content (AvgIpc) is 2.38. The minimum absolute atomic E-state index is 0.127. The van der Waals surface area contributed by atoms with Crippen LogP contribution in [-0.2, 0) is 5.88 Å². The maximum Gasteiger partial charge on any atom is 0.391 e. The van der Waals surface area contributed by atoms with Gasteiger partial charge in [0, 0.05) is 24.8 Å². The number of anilines is 1. The van der Waals surface area contributed by atoms with Crippen LogP contribution in [0.2, 0.25) is 0 Å². The van der Waals surface area contributed by atoms with Gasteiger partial charge in [0.2, 0.25) is 0 Å². The molecule has 0 amide bonds. The first-order valence-electron chi connectivity index (χ1n) is 5.84. The molecule has 6 heteroatoms. The molecule has 1 aliphatic heterocycles. The smallest absolute Gasteiger partial charge is 0.356 e. The standard InChI is InChI=1S/C12H14ClF3N2/c13-8-9-2-1-5-17-11(9)18-6-3-10(4-7-18)12(14,15)16/h1-2,5,10H,3-4,6-8H2. The fourth-order valence-electron chi connectivity index (χ4n) is 2.24. The lowest BCUT2D eigenvalue weighted by molar-refractivity contribution is -0.179. The number of halogens is 4. The molecule has 1 fully saturated rings. The topological polar surface area (TPSA) is 16.1 Å². The van der Waals surface area contributed by atoms with Gasteiger partial charge in [-0.1, -0.05) is 6.07 Å². The van der Waals surface area contributed by atoms with E-state index in [1.54, 1.807) is 12.3 Å². The molecule has 0 spiro atoms. The lowest BCUT2D eigenvalue weighted by Crippen LogP contribution is -2.39. The minimum atomic E-state index is -4.08. The van der Waals surface area contributed by atoms with Gasteiger partial charge in [0.15, 0.2) is 0 Å². The summed E-state index contributed by atoms with van der Waals surface area (Å²) >= 11 is 5.81. The molecule has 0 N–H and O–H groups in total. The molecule has 0 aromatic carbocycles. The van der Waals surface area contributed by atoms with Crippen molar-refractivity contribution in [2.24, 2.45) is 5.92 Å². The summed E-state index contributed by atoms with van der Waals surface area (Å²) in [7, 11) is 0. The van der Waals surface area contributed by atoms with Gasteiger partial charge in [-0.2, -0.15) is 13.2 Å². The molecule has 1 saturated heterocycles. The second-order valence-corrected chi connectivity index (χ2v) is 4.69. The SMILES string of the molecule is FC(F)(F)C1CCN(c2ncccc2CCl)CC1. The molecular weight excluding hydrogens is 265 g/mol. The fourth-order valence-corrected chi connectivity index (χ4v) is 2.45. The Morgan fingerprint density at radius 3 is 2.56 bits per heavy atom. The van der Waals surface area contributed by atoms with Crippen LogP contribution in [0.3, 0.4) is 0 Å². The number of piperidine rings is 1. The van der Waals surface area contributed by atoms with Crippen molar-refractivity contribution in [2.75, 3.05) is 18.0 Å². The van der Waals surface area contributed by atoms with Crippen LogP contribution >= 0.6 is 11.6 Å². The summed E-state index contributed by atoms with van der Waals surface area (Å²) in [6.45, 7) is 0.760. The molecule has 0 bridgehead atoms. The minimum Gasteiger partial charge on any atom is -0.356 e. The molecule has 0 unspecified atom stereocenters. The Morgan fingerprint density at radius 2 is 2.00 bits per heavy atom. The largest absolute Gasteiger partial charge is 0.391 e. The highest BCUT2D eigenvalue weighted by atomic mass is 35.5. The van der Waals surface area contributed by atoms with Gasteiger partial charge >= 0.3 is 6.18 Å². The van der Waals surface area contributed by atoms with Crippen LogP contribution in [0.25, 0.3) is 0 Å². The van der Waals surface area contributed by atoms with Gasteiger partial charge < -0.3 is 4.90 Å². The van der Waals surface area contributed by atoms with Crippen molar-refractivity contribution in [3.8, 4) is 0 Å². The predicted octanol–water partition coefficient (Wildman–Crippen LogP) is 3.60. The van der Waals surface area contributed by atoms with Crippen LogP contribution < -0.4 is 4.90 Å². The first-order chi connectivity index (χ1) is 8.52. The first kappa shape index (κ1) is 13.5. The first-order valence-corrected chi connectivity index (χ1v) is 6.37. The lowest BCUT2D eigenvalue weighted by Gasteiger charge is -2.34. The van der Waals surface area contributed by atoms with E-state index < -0.39 is 12.1 Å². The van der Waals surface area contributed by atoms with Gasteiger partial charge in [0.25, 0.3) is 0 Å². The Labute approximate surface area is 109 Å². The van der Waals surface area contributed by atoms with E-state index in [2.05, 4.69) is 4.98 Å². The normalized spacial score (nSPS) is 18.1. The Morgan fingerprint density at radius 1 is 1.33 bits per heavy atom. The lowest BCUT2D eigenvalue weighted by atomic mass is 9.96. The maximum atomic E-state index is 12.6. The number of aromatic nitrogens is 1. The quantitative estimate of drug-likeness (QED) is 0.769. The molecule has 2 heterocycles. The van der Waals surface area contributed by atoms with Gasteiger partial charge in [-0.25, -0.2) is 4.98 Å². The average molecular weight is 279 g/mol. The van der Waals surface area contributed by atoms with E-state index in [0.717, 1.165) is 5.56 Å². The third kappa shape index (κ3) is 2.88. The second kappa shape index (κ2) is 5.34. The van der Waals surface area contributed by atoms with Crippen LogP contribution in [0.4, 0.5) is 19.0 Å². The van der Waals surface area contributed by atoms with E-state index in [1.807, 2.05) is 11.0 Å². The van der Waals surface area contributed by atoms with Crippen LogP contribution in [-0.4, -0.2) is 24.2 Å². The maximum absolute atomic E-state index is 12.6.